The molecule has 2 saturated heterocycles. The van der Waals surface area contributed by atoms with E-state index in [1.807, 2.05) is 30.3 Å². The quantitative estimate of drug-likeness (QED) is 0.311. The van der Waals surface area contributed by atoms with Crippen LogP contribution in [-0.4, -0.2) is 74.0 Å². The molecule has 0 spiro atoms. The van der Waals surface area contributed by atoms with Crippen molar-refractivity contribution in [3.63, 3.8) is 0 Å². The number of unbranched alkanes of at least 4 members (excludes halogenated alkanes) is 2. The number of alkyl halides is 1. The Morgan fingerprint density at radius 2 is 1.91 bits per heavy atom. The fraction of sp³-hybridized carbons (Fsp3) is 0.636. The van der Waals surface area contributed by atoms with Crippen molar-refractivity contribution in [2.75, 3.05) is 26.2 Å². The average Bonchev–Trinajstić information content (AvgIpc) is 2.83. The van der Waals surface area contributed by atoms with E-state index in [1.54, 1.807) is 0 Å². The Hall–Kier alpha value is -1.75. The highest BCUT2D eigenvalue weighted by atomic mass is 35.5. The highest BCUT2D eigenvalue weighted by molar-refractivity contribution is 6.26. The van der Waals surface area contributed by atoms with E-state index >= 15 is 0 Å². The number of fused-ring (bicyclic) bond motifs is 1. The molecule has 0 radical (unpaired) electrons. The summed E-state index contributed by atoms with van der Waals surface area (Å²) in [5, 5.41) is 10.8. The van der Waals surface area contributed by atoms with Crippen LogP contribution in [0.4, 0.5) is 0 Å². The van der Waals surface area contributed by atoms with Crippen LogP contribution in [0.5, 0.6) is 0 Å². The van der Waals surface area contributed by atoms with E-state index in [0.717, 1.165) is 12.0 Å². The Bertz CT molecular complexity index is 731. The number of aliphatic hydroxyl groups is 1. The van der Waals surface area contributed by atoms with Crippen molar-refractivity contribution in [2.45, 2.75) is 62.7 Å². The van der Waals surface area contributed by atoms with Gasteiger partial charge in [0.25, 0.3) is 0 Å². The molecule has 2 heterocycles. The molecule has 0 saturated carbocycles. The van der Waals surface area contributed by atoms with E-state index < -0.39 is 43.0 Å². The van der Waals surface area contributed by atoms with Gasteiger partial charge in [-0.25, -0.2) is 0 Å². The van der Waals surface area contributed by atoms with Gasteiger partial charge in [0.15, 0.2) is 18.7 Å². The van der Waals surface area contributed by atoms with Crippen LogP contribution >= 0.6 is 11.6 Å². The van der Waals surface area contributed by atoms with E-state index in [2.05, 4.69) is 4.74 Å². The lowest BCUT2D eigenvalue weighted by Crippen LogP contribution is -2.63. The fourth-order valence-corrected chi connectivity index (χ4v) is 3.71. The third kappa shape index (κ3) is 6.63. The van der Waals surface area contributed by atoms with Gasteiger partial charge in [-0.3, -0.25) is 9.59 Å². The molecule has 0 unspecified atom stereocenters. The van der Waals surface area contributed by atoms with Crippen molar-refractivity contribution in [3.8, 4) is 0 Å². The average molecular weight is 473 g/mol. The third-order valence-corrected chi connectivity index (χ3v) is 5.51. The molecule has 0 amide bonds. The van der Waals surface area contributed by atoms with Crippen LogP contribution in [-0.2, 0) is 38.0 Å². The summed E-state index contributed by atoms with van der Waals surface area (Å²) in [5.74, 6) is -1.28. The van der Waals surface area contributed by atoms with Gasteiger partial charge < -0.3 is 33.5 Å². The molecule has 9 nitrogen and oxygen atoms in total. The third-order valence-electron chi connectivity index (χ3n) is 5.29. The molecule has 1 aromatic rings. The normalized spacial score (nSPS) is 29.7. The number of aliphatic hydroxyl groups excluding tert-OH is 1. The lowest BCUT2D eigenvalue weighted by atomic mass is 9.97. The van der Waals surface area contributed by atoms with Gasteiger partial charge in [-0.15, -0.1) is 11.6 Å². The van der Waals surface area contributed by atoms with Crippen LogP contribution in [0.15, 0.2) is 30.3 Å². The van der Waals surface area contributed by atoms with Gasteiger partial charge in [-0.05, 0) is 12.8 Å². The van der Waals surface area contributed by atoms with Crippen LogP contribution in [0.25, 0.3) is 0 Å². The molecule has 178 valence electrons. The predicted molar refractivity (Wildman–Crippen MR) is 112 cm³/mol. The number of ether oxygens (including phenoxy) is 6. The van der Waals surface area contributed by atoms with Crippen LogP contribution in [0, 0.1) is 0 Å². The van der Waals surface area contributed by atoms with Crippen LogP contribution in [0.3, 0.4) is 0 Å². The van der Waals surface area contributed by atoms with E-state index in [0.29, 0.717) is 25.9 Å². The van der Waals surface area contributed by atoms with Gasteiger partial charge in [0.05, 0.1) is 13.7 Å². The van der Waals surface area contributed by atoms with Crippen molar-refractivity contribution >= 4 is 23.5 Å². The summed E-state index contributed by atoms with van der Waals surface area (Å²) >= 11 is 5.60. The summed E-state index contributed by atoms with van der Waals surface area (Å²) in [4.78, 5) is 23.0. The molecule has 3 rings (SSSR count). The molecule has 2 aliphatic rings. The largest absolute Gasteiger partial charge is 0.469 e. The molecule has 0 aliphatic carbocycles. The first-order chi connectivity index (χ1) is 15.5. The monoisotopic (exact) mass is 472 g/mol. The first kappa shape index (κ1) is 24.9. The summed E-state index contributed by atoms with van der Waals surface area (Å²) in [6.45, 7) is 0.468. The molecule has 1 aromatic carbocycles. The van der Waals surface area contributed by atoms with Gasteiger partial charge in [-0.1, -0.05) is 36.8 Å². The predicted octanol–water partition coefficient (Wildman–Crippen LogP) is 2.09. The van der Waals surface area contributed by atoms with Gasteiger partial charge in [-0.2, -0.15) is 0 Å². The SMILES string of the molecule is COC(=O)CCCCCO[C@@H]1O[C@@H]2CO[C@H](c3ccccc3)O[C@@H]2[C@H](OC(=O)CCl)[C@H]1O. The van der Waals surface area contributed by atoms with Crippen LogP contribution in [0.2, 0.25) is 0 Å². The Kier molecular flexibility index (Phi) is 9.70. The topological polar surface area (TPSA) is 110 Å². The molecular weight excluding hydrogens is 444 g/mol. The van der Waals surface area contributed by atoms with Crippen LogP contribution in [0.1, 0.15) is 37.5 Å². The fourth-order valence-electron chi connectivity index (χ4n) is 3.65. The zero-order valence-electron chi connectivity index (χ0n) is 17.9. The molecule has 2 fully saturated rings. The first-order valence-corrected chi connectivity index (χ1v) is 11.2. The van der Waals surface area contributed by atoms with Gasteiger partial charge in [0, 0.05) is 18.6 Å². The lowest BCUT2D eigenvalue weighted by Gasteiger charge is -2.47. The molecule has 10 heteroatoms. The number of halogens is 1. The van der Waals surface area contributed by atoms with E-state index in [9.17, 15) is 14.7 Å². The lowest BCUT2D eigenvalue weighted by molar-refractivity contribution is -0.361. The maximum absolute atomic E-state index is 11.9. The highest BCUT2D eigenvalue weighted by Crippen LogP contribution is 2.35. The minimum Gasteiger partial charge on any atom is -0.469 e. The van der Waals surface area contributed by atoms with E-state index in [4.69, 9.17) is 35.3 Å². The number of carbonyl (C=O) groups is 2. The molecule has 32 heavy (non-hydrogen) atoms. The number of hydrogen-bond acceptors (Lipinski definition) is 9. The number of hydrogen-bond donors (Lipinski definition) is 1. The summed E-state index contributed by atoms with van der Waals surface area (Å²) in [6, 6.07) is 9.32. The van der Waals surface area contributed by atoms with E-state index in [-0.39, 0.29) is 18.5 Å². The molecule has 6 atom stereocenters. The molecule has 1 N–H and O–H groups in total. The van der Waals surface area contributed by atoms with E-state index in [1.165, 1.54) is 7.11 Å². The minimum absolute atomic E-state index is 0.171. The Balaban J connectivity index is 1.58. The van der Waals surface area contributed by atoms with Crippen LogP contribution < -0.4 is 0 Å². The van der Waals surface area contributed by atoms with Gasteiger partial charge in [0.2, 0.25) is 0 Å². The van der Waals surface area contributed by atoms with Crippen molar-refractivity contribution in [1.82, 2.24) is 0 Å². The van der Waals surface area contributed by atoms with Gasteiger partial charge >= 0.3 is 11.9 Å². The smallest absolute Gasteiger partial charge is 0.321 e. The Morgan fingerprint density at radius 3 is 2.62 bits per heavy atom. The van der Waals surface area contributed by atoms with Crippen molar-refractivity contribution in [2.24, 2.45) is 0 Å². The number of methoxy groups -OCH3 is 1. The minimum atomic E-state index is -1.27. The number of carbonyl (C=O) groups excluding carboxylic acids is 2. The van der Waals surface area contributed by atoms with Gasteiger partial charge in [0.1, 0.15) is 24.2 Å². The molecule has 0 aromatic heterocycles. The zero-order chi connectivity index (χ0) is 22.9. The van der Waals surface area contributed by atoms with Crippen molar-refractivity contribution in [1.29, 1.82) is 0 Å². The second-order valence-corrected chi connectivity index (χ2v) is 7.82. The summed E-state index contributed by atoms with van der Waals surface area (Å²) in [5.41, 5.74) is 0.799. The number of rotatable bonds is 10. The Morgan fingerprint density at radius 1 is 1.12 bits per heavy atom. The van der Waals surface area contributed by atoms with Crippen molar-refractivity contribution < 1.29 is 43.1 Å². The second-order valence-electron chi connectivity index (χ2n) is 7.56. The molecular formula is C22H29ClO9. The maximum Gasteiger partial charge on any atom is 0.321 e. The number of benzene rings is 1. The first-order valence-electron chi connectivity index (χ1n) is 10.6. The molecule has 2 aliphatic heterocycles. The zero-order valence-corrected chi connectivity index (χ0v) is 18.6. The highest BCUT2D eigenvalue weighted by Gasteiger charge is 2.51. The standard InChI is InChI=1S/C22H29ClO9/c1-27-16(24)10-6-3-7-11-28-22-18(26)20(31-17(25)12-23)19-15(30-22)13-29-21(32-19)14-8-4-2-5-9-14/h2,4-5,8-9,15,18-22,26H,3,6-7,10-13H2,1H3/t15-,18-,19+,20-,21+,22-/m1/s1. The summed E-state index contributed by atoms with van der Waals surface area (Å²) in [6.07, 6.45) is -2.93. The number of esters is 2. The second kappa shape index (κ2) is 12.5. The summed E-state index contributed by atoms with van der Waals surface area (Å²) in [7, 11) is 1.36. The Labute approximate surface area is 191 Å². The van der Waals surface area contributed by atoms with Crippen molar-refractivity contribution in [3.05, 3.63) is 35.9 Å². The molecule has 0 bridgehead atoms. The maximum atomic E-state index is 11.9. The summed E-state index contributed by atoms with van der Waals surface area (Å²) < 4.78 is 33.4.